The van der Waals surface area contributed by atoms with Crippen LogP contribution in [0.15, 0.2) is 12.2 Å². The molecule has 0 heterocycles. The Balaban J connectivity index is 3.79. The van der Waals surface area contributed by atoms with Crippen molar-refractivity contribution < 1.29 is 37.9 Å². The Morgan fingerprint density at radius 3 is 1.05 bits per heavy atom. The Hall–Kier alpha value is -1.21. The maximum atomic E-state index is 12.5. The zero-order valence-electron chi connectivity index (χ0n) is 38.2. The van der Waals surface area contributed by atoms with Gasteiger partial charge in [-0.3, -0.25) is 14.1 Å². The van der Waals surface area contributed by atoms with Crippen LogP contribution in [0.4, 0.5) is 0 Å². The normalized spacial score (nSPS) is 12.4. The minimum atomic E-state index is -4.75. The van der Waals surface area contributed by atoms with E-state index in [1.54, 1.807) is 0 Å². The zero-order valence-corrected chi connectivity index (χ0v) is 39.1. The molecule has 0 radical (unpaired) electrons. The van der Waals surface area contributed by atoms with Crippen molar-refractivity contribution in [3.05, 3.63) is 12.2 Å². The van der Waals surface area contributed by atoms with E-state index in [1.807, 2.05) is 0 Å². The summed E-state index contributed by atoms with van der Waals surface area (Å²) in [5.41, 5.74) is 0. The zero-order chi connectivity index (χ0) is 42.5. The highest BCUT2D eigenvalue weighted by Gasteiger charge is 2.23. The molecular weight excluding hydrogens is 748 g/mol. The van der Waals surface area contributed by atoms with Gasteiger partial charge in [-0.25, -0.2) is 4.57 Å². The van der Waals surface area contributed by atoms with E-state index < -0.39 is 32.5 Å². The summed E-state index contributed by atoms with van der Waals surface area (Å²) in [4.78, 5) is 43.1. The van der Waals surface area contributed by atoms with Crippen molar-refractivity contribution in [1.82, 2.24) is 0 Å². The number of carbonyl (C=O) groups excluding carboxylic acids is 2. The van der Waals surface area contributed by atoms with Crippen LogP contribution < -0.4 is 0 Å². The predicted octanol–water partition coefficient (Wildman–Crippen LogP) is 15.8. The fourth-order valence-electron chi connectivity index (χ4n) is 7.55. The topological polar surface area (TPSA) is 119 Å². The number of carbonyl (C=O) groups is 2. The molecule has 0 amide bonds. The second-order valence-electron chi connectivity index (χ2n) is 17.2. The molecule has 58 heavy (non-hydrogen) atoms. The Labute approximate surface area is 358 Å². The fraction of sp³-hybridized carbons (Fsp3) is 0.918. The third-order valence-electron chi connectivity index (χ3n) is 11.3. The maximum absolute atomic E-state index is 12.5. The molecule has 0 aromatic heterocycles. The van der Waals surface area contributed by atoms with Gasteiger partial charge in [-0.15, -0.1) is 0 Å². The first-order valence-electron chi connectivity index (χ1n) is 25.0. The first-order valence-corrected chi connectivity index (χ1v) is 26.5. The van der Waals surface area contributed by atoms with Crippen LogP contribution in [0.3, 0.4) is 0 Å². The molecule has 1 unspecified atom stereocenters. The van der Waals surface area contributed by atoms with Crippen molar-refractivity contribution >= 4 is 19.8 Å². The lowest BCUT2D eigenvalue weighted by Gasteiger charge is -2.18. The Bertz CT molecular complexity index is 951. The monoisotopic (exact) mass is 843 g/mol. The van der Waals surface area contributed by atoms with E-state index in [-0.39, 0.29) is 19.4 Å². The maximum Gasteiger partial charge on any atom is 0.469 e. The van der Waals surface area contributed by atoms with E-state index >= 15 is 0 Å². The molecule has 0 aliphatic carbocycles. The summed E-state index contributed by atoms with van der Waals surface area (Å²) in [6.07, 6.45) is 52.3. The molecule has 0 bridgehead atoms. The van der Waals surface area contributed by atoms with Gasteiger partial charge < -0.3 is 19.3 Å². The highest BCUT2D eigenvalue weighted by molar-refractivity contribution is 7.46. The lowest BCUT2D eigenvalue weighted by atomic mass is 10.0. The predicted molar refractivity (Wildman–Crippen MR) is 244 cm³/mol. The molecular formula is C49H95O8P. The summed E-state index contributed by atoms with van der Waals surface area (Å²) in [6.45, 7) is 3.73. The first kappa shape index (κ1) is 56.8. The van der Waals surface area contributed by atoms with E-state index in [4.69, 9.17) is 19.3 Å². The van der Waals surface area contributed by atoms with Gasteiger partial charge >= 0.3 is 19.8 Å². The van der Waals surface area contributed by atoms with Crippen LogP contribution in [0.2, 0.25) is 0 Å². The average Bonchev–Trinajstić information content (AvgIpc) is 3.20. The van der Waals surface area contributed by atoms with Crippen molar-refractivity contribution in [2.75, 3.05) is 13.2 Å². The quantitative estimate of drug-likeness (QED) is 0.0269. The number of hydrogen-bond acceptors (Lipinski definition) is 6. The van der Waals surface area contributed by atoms with E-state index in [0.29, 0.717) is 6.42 Å². The number of rotatable bonds is 47. The van der Waals surface area contributed by atoms with Crippen LogP contribution in [0.5, 0.6) is 0 Å². The largest absolute Gasteiger partial charge is 0.469 e. The third kappa shape index (κ3) is 47.5. The number of ether oxygens (including phenoxy) is 2. The molecule has 8 nitrogen and oxygen atoms in total. The number of phosphoric acid groups is 1. The average molecular weight is 843 g/mol. The van der Waals surface area contributed by atoms with Gasteiger partial charge in [-0.2, -0.15) is 0 Å². The number of phosphoric ester groups is 1. The van der Waals surface area contributed by atoms with Gasteiger partial charge in [-0.05, 0) is 38.5 Å². The van der Waals surface area contributed by atoms with Crippen LogP contribution in [-0.2, 0) is 28.2 Å². The highest BCUT2D eigenvalue weighted by atomic mass is 31.2. The lowest BCUT2D eigenvalue weighted by Crippen LogP contribution is -2.29. The highest BCUT2D eigenvalue weighted by Crippen LogP contribution is 2.36. The molecule has 0 aliphatic rings. The van der Waals surface area contributed by atoms with Gasteiger partial charge in [0.15, 0.2) is 6.10 Å². The summed E-state index contributed by atoms with van der Waals surface area (Å²) in [5.74, 6) is -0.869. The van der Waals surface area contributed by atoms with Crippen LogP contribution >= 0.6 is 7.82 Å². The van der Waals surface area contributed by atoms with Crippen LogP contribution in [0, 0.1) is 0 Å². The standard InChI is InChI=1S/C49H95O8P/c1-3-5-7-9-11-13-15-17-19-21-23-24-26-27-29-31-33-35-37-39-41-43-48(50)55-45-47(46-56-58(52,53)54)57-49(51)44-42-40-38-36-34-32-30-28-25-22-20-18-16-14-12-10-8-6-4-2/h18,20,47H,3-17,19,21-46H2,1-2H3,(H2,52,53,54)/b20-18-. The van der Waals surface area contributed by atoms with Crippen molar-refractivity contribution in [2.45, 2.75) is 277 Å². The summed E-state index contributed by atoms with van der Waals surface area (Å²) in [7, 11) is -4.75. The SMILES string of the molecule is CCCCCCCC/C=C\CCCCCCCCCCCC(=O)OC(COC(=O)CCCCCCCCCCCCCCCCCCCCCCC)COP(=O)(O)O. The summed E-state index contributed by atoms with van der Waals surface area (Å²) in [5, 5.41) is 0. The first-order chi connectivity index (χ1) is 28.3. The third-order valence-corrected chi connectivity index (χ3v) is 11.8. The van der Waals surface area contributed by atoms with E-state index in [1.165, 1.54) is 199 Å². The van der Waals surface area contributed by atoms with Crippen molar-refractivity contribution in [3.8, 4) is 0 Å². The number of esters is 2. The number of allylic oxidation sites excluding steroid dienone is 2. The second-order valence-corrected chi connectivity index (χ2v) is 18.4. The van der Waals surface area contributed by atoms with Gasteiger partial charge in [0.25, 0.3) is 0 Å². The molecule has 2 N–H and O–H groups in total. The van der Waals surface area contributed by atoms with E-state index in [2.05, 4.69) is 30.5 Å². The van der Waals surface area contributed by atoms with Crippen LogP contribution in [0.1, 0.15) is 271 Å². The lowest BCUT2D eigenvalue weighted by molar-refractivity contribution is -0.161. The minimum absolute atomic E-state index is 0.214. The van der Waals surface area contributed by atoms with Crippen LogP contribution in [0.25, 0.3) is 0 Å². The number of hydrogen-bond donors (Lipinski definition) is 2. The minimum Gasteiger partial charge on any atom is -0.462 e. The molecule has 0 aliphatic heterocycles. The van der Waals surface area contributed by atoms with Gasteiger partial charge in [-0.1, -0.05) is 231 Å². The molecule has 0 saturated heterocycles. The Morgan fingerprint density at radius 1 is 0.431 bits per heavy atom. The molecule has 1 atom stereocenters. The smallest absolute Gasteiger partial charge is 0.462 e. The molecule has 0 aromatic rings. The Kier molecular flexibility index (Phi) is 44.4. The van der Waals surface area contributed by atoms with Crippen molar-refractivity contribution in [3.63, 3.8) is 0 Å². The summed E-state index contributed by atoms with van der Waals surface area (Å²) < 4.78 is 26.5. The molecule has 344 valence electrons. The number of unbranched alkanes of at least 4 members (excludes halogenated alkanes) is 35. The van der Waals surface area contributed by atoms with Gasteiger partial charge in [0.1, 0.15) is 6.61 Å². The van der Waals surface area contributed by atoms with E-state index in [9.17, 15) is 14.2 Å². The Morgan fingerprint density at radius 2 is 0.724 bits per heavy atom. The molecule has 0 fully saturated rings. The molecule has 0 rings (SSSR count). The molecule has 0 spiro atoms. The van der Waals surface area contributed by atoms with E-state index in [0.717, 1.165) is 38.5 Å². The fourth-order valence-corrected chi connectivity index (χ4v) is 7.91. The van der Waals surface area contributed by atoms with Crippen LogP contribution in [-0.4, -0.2) is 41.0 Å². The van der Waals surface area contributed by atoms with Gasteiger partial charge in [0.05, 0.1) is 6.61 Å². The summed E-state index contributed by atoms with van der Waals surface area (Å²) in [6, 6.07) is 0. The van der Waals surface area contributed by atoms with Crippen molar-refractivity contribution in [2.24, 2.45) is 0 Å². The molecule has 0 aromatic carbocycles. The van der Waals surface area contributed by atoms with Crippen molar-refractivity contribution in [1.29, 1.82) is 0 Å². The van der Waals surface area contributed by atoms with Gasteiger partial charge in [0, 0.05) is 12.8 Å². The molecule has 9 heteroatoms. The summed E-state index contributed by atoms with van der Waals surface area (Å²) >= 11 is 0. The van der Waals surface area contributed by atoms with Gasteiger partial charge in [0.2, 0.25) is 0 Å². The molecule has 0 saturated carbocycles. The second kappa shape index (κ2) is 45.3.